The number of ether oxygens (including phenoxy) is 1. The van der Waals surface area contributed by atoms with Gasteiger partial charge in [-0.15, -0.1) is 0 Å². The van der Waals surface area contributed by atoms with Gasteiger partial charge in [-0.1, -0.05) is 37.3 Å². The van der Waals surface area contributed by atoms with E-state index in [1.165, 1.54) is 5.56 Å². The third-order valence-electron chi connectivity index (χ3n) is 5.81. The molecule has 1 aromatic rings. The van der Waals surface area contributed by atoms with Crippen LogP contribution >= 0.6 is 0 Å². The number of piperidine rings is 1. The summed E-state index contributed by atoms with van der Waals surface area (Å²) in [4.78, 5) is 17.3. The summed E-state index contributed by atoms with van der Waals surface area (Å²) in [5, 5.41) is 0. The van der Waals surface area contributed by atoms with Crippen LogP contribution in [-0.2, 0) is 9.53 Å². The topological polar surface area (TPSA) is 32.8 Å². The van der Waals surface area contributed by atoms with E-state index in [9.17, 15) is 4.79 Å². The van der Waals surface area contributed by atoms with E-state index in [1.54, 1.807) is 0 Å². The maximum atomic E-state index is 12.8. The average molecular weight is 330 g/mol. The first-order valence-corrected chi connectivity index (χ1v) is 9.29. The smallest absolute Gasteiger partial charge is 0.230 e. The normalized spacial score (nSPS) is 24.0. The highest BCUT2D eigenvalue weighted by Crippen LogP contribution is 2.44. The molecular formula is C20H30N2O2. The molecule has 0 N–H and O–H groups in total. The van der Waals surface area contributed by atoms with E-state index in [4.69, 9.17) is 4.74 Å². The molecule has 0 bridgehead atoms. The lowest BCUT2D eigenvalue weighted by atomic mass is 9.81. The predicted molar refractivity (Wildman–Crippen MR) is 96.1 cm³/mol. The molecule has 1 amide bonds. The Hall–Kier alpha value is -1.39. The second-order valence-electron chi connectivity index (χ2n) is 7.24. The Morgan fingerprint density at radius 2 is 1.88 bits per heavy atom. The van der Waals surface area contributed by atoms with Gasteiger partial charge in [0.05, 0.1) is 12.5 Å². The summed E-state index contributed by atoms with van der Waals surface area (Å²) in [6, 6.07) is 10.3. The van der Waals surface area contributed by atoms with Crippen molar-refractivity contribution in [1.29, 1.82) is 0 Å². The van der Waals surface area contributed by atoms with Crippen LogP contribution in [0.1, 0.15) is 44.1 Å². The lowest BCUT2D eigenvalue weighted by molar-refractivity contribution is -0.131. The van der Waals surface area contributed by atoms with E-state index < -0.39 is 0 Å². The van der Waals surface area contributed by atoms with Crippen molar-refractivity contribution >= 4 is 5.91 Å². The Bertz CT molecular complexity index is 538. The SMILES string of the molecule is CCCOCCN1CCC2(CC1)C[C@H](c1ccccc1)C(=O)N2C. The van der Waals surface area contributed by atoms with Gasteiger partial charge in [-0.05, 0) is 31.2 Å². The van der Waals surface area contributed by atoms with E-state index in [1.807, 2.05) is 25.2 Å². The van der Waals surface area contributed by atoms with Crippen LogP contribution in [0.3, 0.4) is 0 Å². The summed E-state index contributed by atoms with van der Waals surface area (Å²) >= 11 is 0. The van der Waals surface area contributed by atoms with Gasteiger partial charge in [0, 0.05) is 38.8 Å². The number of hydrogen-bond donors (Lipinski definition) is 0. The predicted octanol–water partition coefficient (Wildman–Crippen LogP) is 2.89. The minimum absolute atomic E-state index is 0.0376. The number of likely N-dealkylation sites (N-methyl/N-ethyl adjacent to an activating group) is 1. The van der Waals surface area contributed by atoms with Crippen molar-refractivity contribution in [2.45, 2.75) is 44.1 Å². The molecule has 0 aromatic heterocycles. The fourth-order valence-electron chi connectivity index (χ4n) is 4.19. The second-order valence-corrected chi connectivity index (χ2v) is 7.24. The number of rotatable bonds is 6. The molecule has 0 saturated carbocycles. The van der Waals surface area contributed by atoms with E-state index >= 15 is 0 Å². The van der Waals surface area contributed by atoms with Crippen molar-refractivity contribution in [2.75, 3.05) is 39.9 Å². The summed E-state index contributed by atoms with van der Waals surface area (Å²) in [6.07, 6.45) is 4.20. The Labute approximate surface area is 145 Å². The minimum Gasteiger partial charge on any atom is -0.380 e. The monoisotopic (exact) mass is 330 g/mol. The Morgan fingerprint density at radius 3 is 2.54 bits per heavy atom. The summed E-state index contributed by atoms with van der Waals surface area (Å²) in [5.41, 5.74) is 1.22. The van der Waals surface area contributed by atoms with Crippen LogP contribution in [0.4, 0.5) is 0 Å². The summed E-state index contributed by atoms with van der Waals surface area (Å²) in [7, 11) is 2.01. The van der Waals surface area contributed by atoms with Crippen LogP contribution in [0.5, 0.6) is 0 Å². The van der Waals surface area contributed by atoms with Gasteiger partial charge in [0.2, 0.25) is 5.91 Å². The maximum Gasteiger partial charge on any atom is 0.230 e. The first kappa shape index (κ1) is 17.4. The van der Waals surface area contributed by atoms with Gasteiger partial charge in [0.15, 0.2) is 0 Å². The third-order valence-corrected chi connectivity index (χ3v) is 5.81. The Balaban J connectivity index is 1.58. The molecule has 2 aliphatic heterocycles. The molecule has 0 aliphatic carbocycles. The zero-order chi connectivity index (χ0) is 17.0. The van der Waals surface area contributed by atoms with Crippen molar-refractivity contribution in [2.24, 2.45) is 0 Å². The zero-order valence-corrected chi connectivity index (χ0v) is 15.0. The van der Waals surface area contributed by atoms with Gasteiger partial charge in [-0.3, -0.25) is 4.79 Å². The quantitative estimate of drug-likeness (QED) is 0.752. The first-order chi connectivity index (χ1) is 11.7. The minimum atomic E-state index is 0.0376. The van der Waals surface area contributed by atoms with E-state index in [-0.39, 0.29) is 11.5 Å². The number of carbonyl (C=O) groups is 1. The van der Waals surface area contributed by atoms with Crippen LogP contribution in [0.15, 0.2) is 30.3 Å². The molecule has 4 heteroatoms. The Morgan fingerprint density at radius 1 is 1.17 bits per heavy atom. The highest BCUT2D eigenvalue weighted by molar-refractivity contribution is 5.87. The number of hydrogen-bond acceptors (Lipinski definition) is 3. The summed E-state index contributed by atoms with van der Waals surface area (Å²) in [6.45, 7) is 6.95. The molecular weight excluding hydrogens is 300 g/mol. The van der Waals surface area contributed by atoms with E-state index in [0.29, 0.717) is 5.91 Å². The zero-order valence-electron chi connectivity index (χ0n) is 15.0. The largest absolute Gasteiger partial charge is 0.380 e. The van der Waals surface area contributed by atoms with Crippen LogP contribution in [-0.4, -0.2) is 61.1 Å². The molecule has 1 spiro atoms. The number of nitrogens with zero attached hydrogens (tertiary/aromatic N) is 2. The number of carbonyl (C=O) groups excluding carboxylic acids is 1. The summed E-state index contributed by atoms with van der Waals surface area (Å²) in [5.74, 6) is 0.330. The van der Waals surface area contributed by atoms with Gasteiger partial charge >= 0.3 is 0 Å². The molecule has 2 fully saturated rings. The molecule has 2 saturated heterocycles. The van der Waals surface area contributed by atoms with Crippen molar-refractivity contribution in [3.63, 3.8) is 0 Å². The number of benzene rings is 1. The molecule has 0 radical (unpaired) electrons. The molecule has 1 atom stereocenters. The van der Waals surface area contributed by atoms with Gasteiger partial charge in [-0.2, -0.15) is 0 Å². The van der Waals surface area contributed by atoms with Crippen molar-refractivity contribution < 1.29 is 9.53 Å². The van der Waals surface area contributed by atoms with Gasteiger partial charge in [0.25, 0.3) is 0 Å². The van der Waals surface area contributed by atoms with Crippen LogP contribution in [0, 0.1) is 0 Å². The molecule has 1 aromatic carbocycles. The number of likely N-dealkylation sites (tertiary alicyclic amines) is 2. The molecule has 2 aliphatic rings. The standard InChI is InChI=1S/C20H30N2O2/c1-3-14-24-15-13-22-11-9-20(10-12-22)16-18(19(23)21(20)2)17-7-5-4-6-8-17/h4-8,18H,3,9-16H2,1-2H3/t18-/m1/s1. The molecule has 3 rings (SSSR count). The number of amides is 1. The second kappa shape index (κ2) is 7.66. The molecule has 4 nitrogen and oxygen atoms in total. The van der Waals surface area contributed by atoms with Gasteiger partial charge < -0.3 is 14.5 Å². The Kier molecular flexibility index (Phi) is 5.57. The fourth-order valence-corrected chi connectivity index (χ4v) is 4.19. The van der Waals surface area contributed by atoms with E-state index in [2.05, 4.69) is 28.9 Å². The van der Waals surface area contributed by atoms with Crippen molar-refractivity contribution in [3.05, 3.63) is 35.9 Å². The molecule has 0 unspecified atom stereocenters. The molecule has 2 heterocycles. The van der Waals surface area contributed by atoms with Crippen molar-refractivity contribution in [3.8, 4) is 0 Å². The molecule has 24 heavy (non-hydrogen) atoms. The van der Waals surface area contributed by atoms with Crippen LogP contribution in [0.2, 0.25) is 0 Å². The van der Waals surface area contributed by atoms with Crippen LogP contribution in [0.25, 0.3) is 0 Å². The highest BCUT2D eigenvalue weighted by atomic mass is 16.5. The first-order valence-electron chi connectivity index (χ1n) is 9.29. The fraction of sp³-hybridized carbons (Fsp3) is 0.650. The van der Waals surface area contributed by atoms with Gasteiger partial charge in [0.1, 0.15) is 0 Å². The lowest BCUT2D eigenvalue weighted by Crippen LogP contribution is -2.52. The lowest BCUT2D eigenvalue weighted by Gasteiger charge is -2.43. The van der Waals surface area contributed by atoms with E-state index in [0.717, 1.165) is 58.5 Å². The van der Waals surface area contributed by atoms with Crippen LogP contribution < -0.4 is 0 Å². The van der Waals surface area contributed by atoms with Crippen molar-refractivity contribution in [1.82, 2.24) is 9.80 Å². The highest BCUT2D eigenvalue weighted by Gasteiger charge is 2.50. The van der Waals surface area contributed by atoms with Gasteiger partial charge in [-0.25, -0.2) is 0 Å². The average Bonchev–Trinajstić information content (AvgIpc) is 2.87. The molecule has 132 valence electrons. The third kappa shape index (κ3) is 3.50. The summed E-state index contributed by atoms with van der Waals surface area (Å²) < 4.78 is 5.61. The maximum absolute atomic E-state index is 12.8.